The lowest BCUT2D eigenvalue weighted by atomic mass is 9.99. The highest BCUT2D eigenvalue weighted by Crippen LogP contribution is 2.39. The van der Waals surface area contributed by atoms with Crippen molar-refractivity contribution in [3.8, 4) is 5.00 Å². The monoisotopic (exact) mass is 541 g/mol. The number of methoxy groups -OCH3 is 1. The van der Waals surface area contributed by atoms with Gasteiger partial charge in [-0.3, -0.25) is 19.1 Å². The highest BCUT2D eigenvalue weighted by Gasteiger charge is 2.32. The number of esters is 1. The van der Waals surface area contributed by atoms with Gasteiger partial charge in [0.2, 0.25) is 0 Å². The van der Waals surface area contributed by atoms with Crippen LogP contribution in [0.25, 0.3) is 5.00 Å². The van der Waals surface area contributed by atoms with Crippen LogP contribution in [0.3, 0.4) is 0 Å². The number of sulfonamides is 1. The fourth-order valence-corrected chi connectivity index (χ4v) is 7.35. The molecule has 0 spiro atoms. The summed E-state index contributed by atoms with van der Waals surface area (Å²) in [7, 11) is -2.31. The van der Waals surface area contributed by atoms with Crippen molar-refractivity contribution in [2.75, 3.05) is 11.8 Å². The van der Waals surface area contributed by atoms with Gasteiger partial charge >= 0.3 is 5.97 Å². The van der Waals surface area contributed by atoms with Crippen LogP contribution in [0.2, 0.25) is 0 Å². The van der Waals surface area contributed by atoms with Gasteiger partial charge in [0.25, 0.3) is 10.0 Å². The van der Waals surface area contributed by atoms with E-state index in [0.717, 1.165) is 37.9 Å². The molecule has 0 unspecified atom stereocenters. The Labute approximate surface area is 216 Å². The van der Waals surface area contributed by atoms with Gasteiger partial charge in [-0.15, -0.1) is 32.9 Å². The molecule has 1 aromatic carbocycles. The fraction of sp³-hybridized carbons (Fsp3) is 0.250. The van der Waals surface area contributed by atoms with Gasteiger partial charge < -0.3 is 4.74 Å². The molecule has 1 atom stereocenters. The smallest absolute Gasteiger partial charge is 0.308 e. The number of carbonyl (C=O) groups excluding carboxylic acids is 1. The molecule has 4 heterocycles. The number of carbonyl (C=O) groups is 1. The lowest BCUT2D eigenvalue weighted by Gasteiger charge is -2.12. The number of nitrogens with zero attached hydrogens (tertiary/aromatic N) is 4. The van der Waals surface area contributed by atoms with Gasteiger partial charge in [0.1, 0.15) is 21.1 Å². The molecule has 0 saturated carbocycles. The number of fused-ring (bicyclic) bond motifs is 3. The number of aromatic nitrogens is 3. The number of hydrogen-bond acceptors (Lipinski definition) is 9. The second kappa shape index (κ2) is 9.26. The lowest BCUT2D eigenvalue weighted by Crippen LogP contribution is -2.13. The number of ether oxygens (including phenoxy) is 1. The SMILES string of the molecule is COC(=O)C[C@@H]1N=C(c2ccc(NS(=O)(=O)c3cccs3)cc2)c2c(sc(C)c2C)-n2c(C)nnc21. The Kier molecular flexibility index (Phi) is 6.27. The Bertz CT molecular complexity index is 1580. The predicted octanol–water partition coefficient (Wildman–Crippen LogP) is 4.57. The van der Waals surface area contributed by atoms with Crippen molar-refractivity contribution >= 4 is 50.1 Å². The van der Waals surface area contributed by atoms with Crippen LogP contribution in [-0.2, 0) is 19.6 Å². The molecule has 5 rings (SSSR count). The maximum absolute atomic E-state index is 12.6. The van der Waals surface area contributed by atoms with Crippen molar-refractivity contribution in [2.24, 2.45) is 4.99 Å². The average molecular weight is 542 g/mol. The number of anilines is 1. The summed E-state index contributed by atoms with van der Waals surface area (Å²) in [5.41, 5.74) is 3.97. The lowest BCUT2D eigenvalue weighted by molar-refractivity contribution is -0.141. The molecule has 36 heavy (non-hydrogen) atoms. The van der Waals surface area contributed by atoms with Gasteiger partial charge in [-0.1, -0.05) is 18.2 Å². The van der Waals surface area contributed by atoms with Gasteiger partial charge in [-0.25, -0.2) is 8.42 Å². The summed E-state index contributed by atoms with van der Waals surface area (Å²) in [4.78, 5) is 18.4. The topological polar surface area (TPSA) is 116 Å². The summed E-state index contributed by atoms with van der Waals surface area (Å²) in [6.07, 6.45) is 0.0177. The van der Waals surface area contributed by atoms with Gasteiger partial charge in [0, 0.05) is 21.7 Å². The molecule has 4 aromatic rings. The molecule has 0 amide bonds. The van der Waals surface area contributed by atoms with Crippen LogP contribution in [-0.4, -0.2) is 42.0 Å². The first-order valence-electron chi connectivity index (χ1n) is 11.0. The van der Waals surface area contributed by atoms with E-state index in [0.29, 0.717) is 23.0 Å². The molecule has 0 radical (unpaired) electrons. The summed E-state index contributed by atoms with van der Waals surface area (Å²) in [5.74, 6) is 0.889. The first-order chi connectivity index (χ1) is 17.2. The van der Waals surface area contributed by atoms with Crippen molar-refractivity contribution in [2.45, 2.75) is 37.4 Å². The highest BCUT2D eigenvalue weighted by molar-refractivity contribution is 7.94. The zero-order valence-electron chi connectivity index (χ0n) is 20.0. The second-order valence-corrected chi connectivity index (χ2v) is 12.4. The number of aliphatic imine (C=N–C) groups is 1. The molecule has 3 aromatic heterocycles. The van der Waals surface area contributed by atoms with E-state index < -0.39 is 22.0 Å². The first kappa shape index (κ1) is 24.3. The molecule has 1 N–H and O–H groups in total. The van der Waals surface area contributed by atoms with Gasteiger partial charge in [0.15, 0.2) is 5.82 Å². The largest absolute Gasteiger partial charge is 0.469 e. The number of hydrogen-bond donors (Lipinski definition) is 1. The molecule has 0 aliphatic carbocycles. The number of aryl methyl sites for hydroxylation is 2. The minimum absolute atomic E-state index is 0.0177. The van der Waals surface area contributed by atoms with E-state index in [4.69, 9.17) is 9.73 Å². The van der Waals surface area contributed by atoms with Crippen LogP contribution in [0.15, 0.2) is 51.0 Å². The Balaban J connectivity index is 1.60. The minimum atomic E-state index is -3.65. The summed E-state index contributed by atoms with van der Waals surface area (Å²) in [6, 6.07) is 9.75. The Hall–Kier alpha value is -3.35. The van der Waals surface area contributed by atoms with Crippen LogP contribution in [0, 0.1) is 20.8 Å². The first-order valence-corrected chi connectivity index (χ1v) is 14.2. The van der Waals surface area contributed by atoms with Crippen LogP contribution in [0.4, 0.5) is 5.69 Å². The summed E-state index contributed by atoms with van der Waals surface area (Å²) in [5, 5.41) is 11.3. The van der Waals surface area contributed by atoms with Crippen LogP contribution < -0.4 is 4.72 Å². The van der Waals surface area contributed by atoms with Crippen molar-refractivity contribution in [3.63, 3.8) is 0 Å². The minimum Gasteiger partial charge on any atom is -0.469 e. The number of nitrogens with one attached hydrogen (secondary N) is 1. The third-order valence-corrected chi connectivity index (χ3v) is 9.97. The Morgan fingerprint density at radius 1 is 1.14 bits per heavy atom. The van der Waals surface area contributed by atoms with Crippen molar-refractivity contribution in [1.29, 1.82) is 0 Å². The van der Waals surface area contributed by atoms with Crippen LogP contribution in [0.1, 0.15) is 45.7 Å². The molecule has 0 bridgehead atoms. The molecule has 0 saturated heterocycles. The second-order valence-electron chi connectivity index (χ2n) is 8.29. The van der Waals surface area contributed by atoms with Crippen molar-refractivity contribution < 1.29 is 17.9 Å². The molecule has 0 fully saturated rings. The maximum atomic E-state index is 12.6. The van der Waals surface area contributed by atoms with Gasteiger partial charge in [-0.05, 0) is 49.9 Å². The quantitative estimate of drug-likeness (QED) is 0.358. The predicted molar refractivity (Wildman–Crippen MR) is 140 cm³/mol. The summed E-state index contributed by atoms with van der Waals surface area (Å²) >= 11 is 2.78. The molecule has 1 aliphatic heterocycles. The zero-order chi connectivity index (χ0) is 25.6. The third kappa shape index (κ3) is 4.25. The molecule has 9 nitrogen and oxygen atoms in total. The van der Waals surface area contributed by atoms with Crippen LogP contribution >= 0.6 is 22.7 Å². The Morgan fingerprint density at radius 2 is 1.89 bits per heavy atom. The maximum Gasteiger partial charge on any atom is 0.308 e. The van der Waals surface area contributed by atoms with E-state index in [-0.39, 0.29) is 10.6 Å². The highest BCUT2D eigenvalue weighted by atomic mass is 32.2. The van der Waals surface area contributed by atoms with E-state index in [9.17, 15) is 13.2 Å². The normalized spacial score (nSPS) is 15.0. The summed E-state index contributed by atoms with van der Waals surface area (Å²) < 4.78 is 35.0. The average Bonchev–Trinajstić information content (AvgIpc) is 3.56. The van der Waals surface area contributed by atoms with Crippen molar-refractivity contribution in [3.05, 3.63) is 75.0 Å². The van der Waals surface area contributed by atoms with E-state index in [1.807, 2.05) is 30.5 Å². The molecular formula is C24H23N5O4S3. The van der Waals surface area contributed by atoms with Gasteiger partial charge in [-0.2, -0.15) is 0 Å². The van der Waals surface area contributed by atoms with E-state index in [2.05, 4.69) is 21.8 Å². The standard InChI is InChI=1S/C24H23N5O4S3/c1-13-14(2)35-24-21(13)22(25-18(12-19(30)33-4)23-27-26-15(3)29(23)24)16-7-9-17(10-8-16)28-36(31,32)20-6-5-11-34-20/h5-11,18,28H,12H2,1-4H3/t18-/m0/s1. The number of thiophene rings is 2. The third-order valence-electron chi connectivity index (χ3n) is 6.00. The number of benzene rings is 1. The van der Waals surface area contributed by atoms with Crippen molar-refractivity contribution in [1.82, 2.24) is 14.8 Å². The molecule has 1 aliphatic rings. The fourth-order valence-electron chi connectivity index (χ4n) is 4.08. The van der Waals surface area contributed by atoms with E-state index in [1.54, 1.807) is 41.0 Å². The zero-order valence-corrected chi connectivity index (χ0v) is 22.4. The number of rotatable bonds is 6. The molecule has 186 valence electrons. The van der Waals surface area contributed by atoms with Gasteiger partial charge in [0.05, 0.1) is 19.2 Å². The molecule has 12 heteroatoms. The van der Waals surface area contributed by atoms with E-state index >= 15 is 0 Å². The Morgan fingerprint density at radius 3 is 2.56 bits per heavy atom. The summed E-state index contributed by atoms with van der Waals surface area (Å²) in [6.45, 7) is 5.98. The molecular weight excluding hydrogens is 518 g/mol. The van der Waals surface area contributed by atoms with Crippen LogP contribution in [0.5, 0.6) is 0 Å². The van der Waals surface area contributed by atoms with E-state index in [1.165, 1.54) is 7.11 Å².